The topological polar surface area (TPSA) is 9.23 Å². The number of methoxy groups -OCH3 is 1. The molecule has 1 aliphatic carbocycles. The monoisotopic (exact) mass is 182 g/mol. The number of hydrogen-bond acceptors (Lipinski definition) is 1. The molecule has 1 heteroatoms. The van der Waals surface area contributed by atoms with Crippen molar-refractivity contribution in [1.29, 1.82) is 0 Å². The number of hydrogen-bond donors (Lipinski definition) is 0. The van der Waals surface area contributed by atoms with Crippen LogP contribution in [0.2, 0.25) is 0 Å². The van der Waals surface area contributed by atoms with Gasteiger partial charge < -0.3 is 4.74 Å². The fourth-order valence-electron chi connectivity index (χ4n) is 2.69. The van der Waals surface area contributed by atoms with E-state index in [4.69, 9.17) is 4.74 Å². The molecule has 0 heterocycles. The lowest BCUT2D eigenvalue weighted by Gasteiger charge is -2.43. The highest BCUT2D eigenvalue weighted by Crippen LogP contribution is 2.42. The maximum atomic E-state index is 5.66. The summed E-state index contributed by atoms with van der Waals surface area (Å²) < 4.78 is 5.66. The van der Waals surface area contributed by atoms with E-state index in [2.05, 4.69) is 27.4 Å². The molecule has 1 fully saturated rings. The summed E-state index contributed by atoms with van der Waals surface area (Å²) in [6, 6.07) is 0. The van der Waals surface area contributed by atoms with E-state index in [9.17, 15) is 0 Å². The fraction of sp³-hybridized carbons (Fsp3) is 0.833. The van der Waals surface area contributed by atoms with Crippen LogP contribution in [0.3, 0.4) is 0 Å². The van der Waals surface area contributed by atoms with Crippen molar-refractivity contribution in [2.45, 2.75) is 45.6 Å². The van der Waals surface area contributed by atoms with Crippen molar-refractivity contribution in [3.05, 3.63) is 12.2 Å². The smallest absolute Gasteiger partial charge is 0.0718 e. The molecule has 0 amide bonds. The normalized spacial score (nSPS) is 40.3. The second-order valence-corrected chi connectivity index (χ2v) is 4.80. The fourth-order valence-corrected chi connectivity index (χ4v) is 2.69. The molecule has 0 bridgehead atoms. The van der Waals surface area contributed by atoms with Crippen molar-refractivity contribution < 1.29 is 4.74 Å². The van der Waals surface area contributed by atoms with Crippen LogP contribution in [0.1, 0.15) is 40.0 Å². The SMILES string of the molecule is C=C(C)[C@H]1CC[C@H](C)C[C@]1(C)OC. The van der Waals surface area contributed by atoms with Gasteiger partial charge in [-0.25, -0.2) is 0 Å². The average molecular weight is 182 g/mol. The minimum Gasteiger partial charge on any atom is -0.378 e. The van der Waals surface area contributed by atoms with Crippen LogP contribution in [0.4, 0.5) is 0 Å². The Labute approximate surface area is 82.2 Å². The zero-order valence-electron chi connectivity index (χ0n) is 9.39. The zero-order chi connectivity index (χ0) is 10.1. The van der Waals surface area contributed by atoms with Crippen LogP contribution < -0.4 is 0 Å². The molecule has 1 rings (SSSR count). The van der Waals surface area contributed by atoms with E-state index in [0.29, 0.717) is 5.92 Å². The predicted octanol–water partition coefficient (Wildman–Crippen LogP) is 3.40. The highest BCUT2D eigenvalue weighted by Gasteiger charge is 2.39. The predicted molar refractivity (Wildman–Crippen MR) is 56.7 cm³/mol. The first-order valence-electron chi connectivity index (χ1n) is 5.20. The van der Waals surface area contributed by atoms with Gasteiger partial charge in [-0.2, -0.15) is 0 Å². The molecule has 1 nitrogen and oxygen atoms in total. The summed E-state index contributed by atoms with van der Waals surface area (Å²) in [6.45, 7) is 10.7. The van der Waals surface area contributed by atoms with Crippen molar-refractivity contribution in [2.24, 2.45) is 11.8 Å². The molecule has 0 aliphatic heterocycles. The van der Waals surface area contributed by atoms with Crippen molar-refractivity contribution in [2.75, 3.05) is 7.11 Å². The Balaban J connectivity index is 2.78. The van der Waals surface area contributed by atoms with Gasteiger partial charge in [-0.1, -0.05) is 19.1 Å². The van der Waals surface area contributed by atoms with E-state index in [1.165, 1.54) is 24.8 Å². The Kier molecular flexibility index (Phi) is 3.18. The third kappa shape index (κ3) is 2.14. The van der Waals surface area contributed by atoms with E-state index in [0.717, 1.165) is 5.92 Å². The Bertz CT molecular complexity index is 197. The average Bonchev–Trinajstić information content (AvgIpc) is 2.03. The minimum atomic E-state index is 0.0313. The number of rotatable bonds is 2. The number of ether oxygens (including phenoxy) is 1. The van der Waals surface area contributed by atoms with Gasteiger partial charge in [0.25, 0.3) is 0 Å². The van der Waals surface area contributed by atoms with Gasteiger partial charge in [0.1, 0.15) is 0 Å². The van der Waals surface area contributed by atoms with Crippen LogP contribution >= 0.6 is 0 Å². The molecule has 0 radical (unpaired) electrons. The molecular weight excluding hydrogens is 160 g/mol. The summed E-state index contributed by atoms with van der Waals surface area (Å²) in [5.41, 5.74) is 1.31. The standard InChI is InChI=1S/C12H22O/c1-9(2)11-7-6-10(3)8-12(11,4)13-5/h10-11H,1,6-8H2,2-5H3/t10-,11+,12-/m0/s1. The van der Waals surface area contributed by atoms with Crippen LogP contribution in [0, 0.1) is 11.8 Å². The van der Waals surface area contributed by atoms with Crippen LogP contribution in [0.25, 0.3) is 0 Å². The molecule has 1 aliphatic rings. The van der Waals surface area contributed by atoms with Gasteiger partial charge in [0.05, 0.1) is 5.60 Å². The van der Waals surface area contributed by atoms with Crippen molar-refractivity contribution in [3.63, 3.8) is 0 Å². The van der Waals surface area contributed by atoms with Gasteiger partial charge in [-0.3, -0.25) is 0 Å². The van der Waals surface area contributed by atoms with Crippen LogP contribution in [0.15, 0.2) is 12.2 Å². The first kappa shape index (κ1) is 10.8. The van der Waals surface area contributed by atoms with Crippen LogP contribution in [-0.4, -0.2) is 12.7 Å². The van der Waals surface area contributed by atoms with Crippen LogP contribution in [-0.2, 0) is 4.74 Å². The Morgan fingerprint density at radius 2 is 2.08 bits per heavy atom. The van der Waals surface area contributed by atoms with Crippen molar-refractivity contribution >= 4 is 0 Å². The van der Waals surface area contributed by atoms with Gasteiger partial charge in [-0.15, -0.1) is 0 Å². The highest BCUT2D eigenvalue weighted by atomic mass is 16.5. The molecule has 13 heavy (non-hydrogen) atoms. The molecule has 0 unspecified atom stereocenters. The summed E-state index contributed by atoms with van der Waals surface area (Å²) in [5.74, 6) is 1.34. The van der Waals surface area contributed by atoms with E-state index in [1.807, 2.05) is 7.11 Å². The quantitative estimate of drug-likeness (QED) is 0.595. The lowest BCUT2D eigenvalue weighted by molar-refractivity contribution is -0.0690. The zero-order valence-corrected chi connectivity index (χ0v) is 9.39. The van der Waals surface area contributed by atoms with Crippen molar-refractivity contribution in [1.82, 2.24) is 0 Å². The molecule has 0 aromatic heterocycles. The van der Waals surface area contributed by atoms with Gasteiger partial charge >= 0.3 is 0 Å². The molecule has 3 atom stereocenters. The molecule has 76 valence electrons. The second-order valence-electron chi connectivity index (χ2n) is 4.80. The molecule has 1 saturated carbocycles. The first-order chi connectivity index (χ1) is 5.99. The molecule has 0 spiro atoms. The maximum Gasteiger partial charge on any atom is 0.0718 e. The maximum absolute atomic E-state index is 5.66. The first-order valence-corrected chi connectivity index (χ1v) is 5.20. The third-order valence-electron chi connectivity index (χ3n) is 3.50. The molecule has 0 saturated heterocycles. The summed E-state index contributed by atoms with van der Waals surface area (Å²) >= 11 is 0. The molecule has 0 aromatic carbocycles. The van der Waals surface area contributed by atoms with Gasteiger partial charge in [0, 0.05) is 13.0 Å². The lowest BCUT2D eigenvalue weighted by atomic mass is 9.70. The van der Waals surface area contributed by atoms with Crippen LogP contribution in [0.5, 0.6) is 0 Å². The summed E-state index contributed by atoms with van der Waals surface area (Å²) in [7, 11) is 1.83. The Morgan fingerprint density at radius 3 is 2.54 bits per heavy atom. The second kappa shape index (κ2) is 3.83. The summed E-state index contributed by atoms with van der Waals surface area (Å²) in [6.07, 6.45) is 3.72. The highest BCUT2D eigenvalue weighted by molar-refractivity contribution is 5.07. The van der Waals surface area contributed by atoms with Gasteiger partial charge in [-0.05, 0) is 39.0 Å². The van der Waals surface area contributed by atoms with E-state index >= 15 is 0 Å². The largest absolute Gasteiger partial charge is 0.378 e. The van der Waals surface area contributed by atoms with E-state index < -0.39 is 0 Å². The van der Waals surface area contributed by atoms with Crippen molar-refractivity contribution in [3.8, 4) is 0 Å². The van der Waals surface area contributed by atoms with Gasteiger partial charge in [0.2, 0.25) is 0 Å². The molecule has 0 aromatic rings. The summed E-state index contributed by atoms with van der Waals surface area (Å²) in [4.78, 5) is 0. The molecule has 0 N–H and O–H groups in total. The minimum absolute atomic E-state index is 0.0313. The summed E-state index contributed by atoms with van der Waals surface area (Å²) in [5, 5.41) is 0. The van der Waals surface area contributed by atoms with E-state index in [1.54, 1.807) is 0 Å². The lowest BCUT2D eigenvalue weighted by Crippen LogP contribution is -2.42. The Hall–Kier alpha value is -0.300. The third-order valence-corrected chi connectivity index (χ3v) is 3.50. The van der Waals surface area contributed by atoms with E-state index in [-0.39, 0.29) is 5.60 Å². The van der Waals surface area contributed by atoms with Gasteiger partial charge in [0.15, 0.2) is 0 Å². The Morgan fingerprint density at radius 1 is 1.46 bits per heavy atom. The molecular formula is C12H22O.